The van der Waals surface area contributed by atoms with Gasteiger partial charge in [0.1, 0.15) is 0 Å². The van der Waals surface area contributed by atoms with Gasteiger partial charge in [-0.1, -0.05) is 27.2 Å². The number of hydrogen-bond donors (Lipinski definition) is 2. The Morgan fingerprint density at radius 2 is 2.26 bits per heavy atom. The van der Waals surface area contributed by atoms with Gasteiger partial charge in [0.05, 0.1) is 17.2 Å². The topological polar surface area (TPSA) is 63.3 Å². The summed E-state index contributed by atoms with van der Waals surface area (Å²) in [5.74, 6) is 1.33. The number of hydrogen-bond acceptors (Lipinski definition) is 3. The first kappa shape index (κ1) is 14.3. The SMILES string of the molecule is CC(C)(C)c1nc(CN=C(N)NCC2CCC2)cs1. The van der Waals surface area contributed by atoms with Crippen LogP contribution in [0.25, 0.3) is 0 Å². The van der Waals surface area contributed by atoms with Crippen LogP contribution < -0.4 is 11.1 Å². The van der Waals surface area contributed by atoms with Crippen molar-refractivity contribution in [2.45, 2.75) is 52.0 Å². The minimum atomic E-state index is 0.112. The number of thiazole rings is 1. The first-order chi connectivity index (χ1) is 8.95. The predicted molar refractivity (Wildman–Crippen MR) is 81.5 cm³/mol. The summed E-state index contributed by atoms with van der Waals surface area (Å²) in [6, 6.07) is 0. The molecule has 106 valence electrons. The molecule has 2 rings (SSSR count). The van der Waals surface area contributed by atoms with E-state index in [0.717, 1.165) is 23.2 Å². The first-order valence-electron chi connectivity index (χ1n) is 6.94. The van der Waals surface area contributed by atoms with Gasteiger partial charge < -0.3 is 11.1 Å². The fourth-order valence-corrected chi connectivity index (χ4v) is 2.79. The van der Waals surface area contributed by atoms with Crippen LogP contribution in [0.3, 0.4) is 0 Å². The number of aromatic nitrogens is 1. The Morgan fingerprint density at radius 1 is 1.53 bits per heavy atom. The van der Waals surface area contributed by atoms with Crippen LogP contribution in [0, 0.1) is 5.92 Å². The molecule has 1 aromatic rings. The van der Waals surface area contributed by atoms with Crippen molar-refractivity contribution in [2.24, 2.45) is 16.6 Å². The van der Waals surface area contributed by atoms with Crippen molar-refractivity contribution < 1.29 is 0 Å². The monoisotopic (exact) mass is 280 g/mol. The molecule has 1 fully saturated rings. The number of rotatable bonds is 4. The molecule has 5 heteroatoms. The zero-order chi connectivity index (χ0) is 13.9. The van der Waals surface area contributed by atoms with Gasteiger partial charge in [0, 0.05) is 17.3 Å². The van der Waals surface area contributed by atoms with Crippen LogP contribution in [0.15, 0.2) is 10.4 Å². The molecule has 1 heterocycles. The lowest BCUT2D eigenvalue weighted by molar-refractivity contribution is 0.315. The number of nitrogens with one attached hydrogen (secondary N) is 1. The minimum Gasteiger partial charge on any atom is -0.370 e. The molecule has 1 aliphatic carbocycles. The zero-order valence-corrected chi connectivity index (χ0v) is 12.9. The van der Waals surface area contributed by atoms with E-state index in [9.17, 15) is 0 Å². The summed E-state index contributed by atoms with van der Waals surface area (Å²) >= 11 is 1.70. The lowest BCUT2D eigenvalue weighted by Gasteiger charge is -2.25. The average Bonchev–Trinajstić information content (AvgIpc) is 2.72. The summed E-state index contributed by atoms with van der Waals surface area (Å²) in [4.78, 5) is 8.95. The number of nitrogens with two attached hydrogens (primary N) is 1. The molecule has 4 nitrogen and oxygen atoms in total. The highest BCUT2D eigenvalue weighted by molar-refractivity contribution is 7.09. The van der Waals surface area contributed by atoms with E-state index in [4.69, 9.17) is 5.73 Å². The van der Waals surface area contributed by atoms with Crippen molar-refractivity contribution in [2.75, 3.05) is 6.54 Å². The van der Waals surface area contributed by atoms with Gasteiger partial charge in [-0.3, -0.25) is 0 Å². The fraction of sp³-hybridized carbons (Fsp3) is 0.714. The second kappa shape index (κ2) is 5.90. The van der Waals surface area contributed by atoms with Crippen LogP contribution in [0.2, 0.25) is 0 Å². The predicted octanol–water partition coefficient (Wildman–Crippen LogP) is 2.65. The van der Waals surface area contributed by atoms with Gasteiger partial charge in [0.25, 0.3) is 0 Å². The van der Waals surface area contributed by atoms with Crippen molar-refractivity contribution in [3.63, 3.8) is 0 Å². The third kappa shape index (κ3) is 4.20. The Labute approximate surface area is 119 Å². The summed E-state index contributed by atoms with van der Waals surface area (Å²) in [5, 5.41) is 6.42. The van der Waals surface area contributed by atoms with Crippen LogP contribution in [-0.4, -0.2) is 17.5 Å². The second-order valence-corrected chi connectivity index (χ2v) is 7.13. The number of nitrogens with zero attached hydrogens (tertiary/aromatic N) is 2. The van der Waals surface area contributed by atoms with Crippen LogP contribution in [-0.2, 0) is 12.0 Å². The highest BCUT2D eigenvalue weighted by atomic mass is 32.1. The number of guanidine groups is 1. The Kier molecular flexibility index (Phi) is 4.45. The molecule has 0 amide bonds. The van der Waals surface area contributed by atoms with Crippen molar-refractivity contribution in [1.82, 2.24) is 10.3 Å². The van der Waals surface area contributed by atoms with Crippen molar-refractivity contribution in [1.29, 1.82) is 0 Å². The quantitative estimate of drug-likeness (QED) is 0.658. The van der Waals surface area contributed by atoms with E-state index in [0.29, 0.717) is 12.5 Å². The largest absolute Gasteiger partial charge is 0.370 e. The Hall–Kier alpha value is -1.10. The van der Waals surface area contributed by atoms with Gasteiger partial charge in [-0.15, -0.1) is 11.3 Å². The molecule has 1 aromatic heterocycles. The van der Waals surface area contributed by atoms with Crippen LogP contribution in [0.4, 0.5) is 0 Å². The van der Waals surface area contributed by atoms with Gasteiger partial charge in [-0.05, 0) is 18.8 Å². The molecule has 1 saturated carbocycles. The maximum atomic E-state index is 5.86. The molecule has 0 aliphatic heterocycles. The van der Waals surface area contributed by atoms with Gasteiger partial charge in [-0.2, -0.15) is 0 Å². The molecule has 0 spiro atoms. The van der Waals surface area contributed by atoms with Crippen molar-refractivity contribution in [3.05, 3.63) is 16.1 Å². The van der Waals surface area contributed by atoms with Gasteiger partial charge in [0.2, 0.25) is 0 Å². The molecule has 1 aliphatic rings. The highest BCUT2D eigenvalue weighted by Gasteiger charge is 2.18. The molecule has 0 atom stereocenters. The molecule has 19 heavy (non-hydrogen) atoms. The first-order valence-corrected chi connectivity index (χ1v) is 7.82. The molecular formula is C14H24N4S. The van der Waals surface area contributed by atoms with E-state index in [-0.39, 0.29) is 5.41 Å². The summed E-state index contributed by atoms with van der Waals surface area (Å²) in [7, 11) is 0. The van der Waals surface area contributed by atoms with E-state index in [1.165, 1.54) is 19.3 Å². The minimum absolute atomic E-state index is 0.112. The summed E-state index contributed by atoms with van der Waals surface area (Å²) in [5.41, 5.74) is 6.97. The smallest absolute Gasteiger partial charge is 0.188 e. The summed E-state index contributed by atoms with van der Waals surface area (Å²) < 4.78 is 0. The normalized spacial score (nSPS) is 17.3. The van der Waals surface area contributed by atoms with E-state index in [1.54, 1.807) is 11.3 Å². The Bertz CT molecular complexity index is 441. The van der Waals surface area contributed by atoms with E-state index >= 15 is 0 Å². The summed E-state index contributed by atoms with van der Waals surface area (Å²) in [6.45, 7) is 8.05. The molecule has 3 N–H and O–H groups in total. The van der Waals surface area contributed by atoms with E-state index in [1.807, 2.05) is 0 Å². The maximum absolute atomic E-state index is 5.86. The lowest BCUT2D eigenvalue weighted by Crippen LogP contribution is -2.37. The molecule has 0 unspecified atom stereocenters. The summed E-state index contributed by atoms with van der Waals surface area (Å²) in [6.07, 6.45) is 4.00. The molecule has 0 aromatic carbocycles. The standard InChI is InChI=1S/C14H24N4S/c1-14(2,3)12-18-11(9-19-12)8-17-13(15)16-7-10-5-4-6-10/h9-10H,4-8H2,1-3H3,(H3,15,16,17). The molecule has 0 bridgehead atoms. The van der Waals surface area contributed by atoms with E-state index < -0.39 is 0 Å². The van der Waals surface area contributed by atoms with Gasteiger partial charge >= 0.3 is 0 Å². The van der Waals surface area contributed by atoms with Crippen LogP contribution >= 0.6 is 11.3 Å². The third-order valence-corrected chi connectivity index (χ3v) is 4.72. The van der Waals surface area contributed by atoms with Crippen molar-refractivity contribution >= 4 is 17.3 Å². The lowest BCUT2D eigenvalue weighted by atomic mass is 9.85. The molecule has 0 saturated heterocycles. The molecule has 0 radical (unpaired) electrons. The third-order valence-electron chi connectivity index (χ3n) is 3.40. The number of aliphatic imine (C=N–C) groups is 1. The maximum Gasteiger partial charge on any atom is 0.188 e. The fourth-order valence-electron chi connectivity index (χ4n) is 1.89. The van der Waals surface area contributed by atoms with Crippen molar-refractivity contribution in [3.8, 4) is 0 Å². The van der Waals surface area contributed by atoms with Crippen LogP contribution in [0.5, 0.6) is 0 Å². The Balaban J connectivity index is 1.81. The Morgan fingerprint density at radius 3 is 2.79 bits per heavy atom. The highest BCUT2D eigenvalue weighted by Crippen LogP contribution is 2.26. The van der Waals surface area contributed by atoms with E-state index in [2.05, 4.69) is 41.4 Å². The zero-order valence-electron chi connectivity index (χ0n) is 12.1. The average molecular weight is 280 g/mol. The van der Waals surface area contributed by atoms with Gasteiger partial charge in [-0.25, -0.2) is 9.98 Å². The van der Waals surface area contributed by atoms with Gasteiger partial charge in [0.15, 0.2) is 5.96 Å². The second-order valence-electron chi connectivity index (χ2n) is 6.27. The molecular weight excluding hydrogens is 256 g/mol. The van der Waals surface area contributed by atoms with Crippen LogP contribution in [0.1, 0.15) is 50.7 Å².